The zero-order valence-corrected chi connectivity index (χ0v) is 13.4. The van der Waals surface area contributed by atoms with Gasteiger partial charge in [0.1, 0.15) is 5.75 Å². The van der Waals surface area contributed by atoms with Crippen LogP contribution in [0.25, 0.3) is 0 Å². The van der Waals surface area contributed by atoms with E-state index in [1.54, 1.807) is 14.0 Å². The number of methoxy groups -OCH3 is 1. The van der Waals surface area contributed by atoms with Crippen molar-refractivity contribution in [3.8, 4) is 5.75 Å². The molecule has 0 aliphatic carbocycles. The van der Waals surface area contributed by atoms with Crippen molar-refractivity contribution >= 4 is 21.8 Å². The van der Waals surface area contributed by atoms with Crippen LogP contribution in [0.2, 0.25) is 0 Å². The van der Waals surface area contributed by atoms with Gasteiger partial charge in [0.15, 0.2) is 0 Å². The summed E-state index contributed by atoms with van der Waals surface area (Å²) in [6, 6.07) is 5.35. The highest BCUT2D eigenvalue weighted by atomic mass is 79.9. The van der Waals surface area contributed by atoms with Gasteiger partial charge >= 0.3 is 0 Å². The molecule has 0 bridgehead atoms. The largest absolute Gasteiger partial charge is 0.496 e. The molecule has 1 rings (SSSR count). The van der Waals surface area contributed by atoms with E-state index in [4.69, 9.17) is 10.5 Å². The molecule has 0 saturated heterocycles. The quantitative estimate of drug-likeness (QED) is 0.870. The van der Waals surface area contributed by atoms with Crippen molar-refractivity contribution in [3.63, 3.8) is 0 Å². The highest BCUT2D eigenvalue weighted by molar-refractivity contribution is 9.10. The zero-order valence-electron chi connectivity index (χ0n) is 11.8. The highest BCUT2D eigenvalue weighted by Gasteiger charge is 2.25. The number of carbonyl (C=O) groups is 1. The van der Waals surface area contributed by atoms with Crippen molar-refractivity contribution in [3.05, 3.63) is 28.2 Å². The molecule has 0 saturated carbocycles. The first-order valence-corrected chi connectivity index (χ1v) is 6.94. The van der Waals surface area contributed by atoms with Crippen LogP contribution < -0.4 is 15.8 Å². The first-order valence-electron chi connectivity index (χ1n) is 6.15. The van der Waals surface area contributed by atoms with Gasteiger partial charge in [0.2, 0.25) is 5.91 Å². The minimum Gasteiger partial charge on any atom is -0.496 e. The molecular weight excluding hydrogens is 308 g/mol. The Kier molecular flexibility index (Phi) is 5.38. The Morgan fingerprint density at radius 3 is 2.68 bits per heavy atom. The second-order valence-electron chi connectivity index (χ2n) is 5.23. The molecule has 5 heteroatoms. The molecule has 0 radical (unpaired) electrons. The van der Waals surface area contributed by atoms with Gasteiger partial charge in [0.05, 0.1) is 13.2 Å². The normalized spacial score (nSPS) is 12.9. The molecule has 1 aromatic carbocycles. The van der Waals surface area contributed by atoms with Crippen LogP contribution >= 0.6 is 15.9 Å². The van der Waals surface area contributed by atoms with Crippen molar-refractivity contribution < 1.29 is 9.53 Å². The van der Waals surface area contributed by atoms with Crippen molar-refractivity contribution in [1.82, 2.24) is 5.32 Å². The second kappa shape index (κ2) is 6.39. The molecule has 1 atom stereocenters. The number of hydrogen-bond acceptors (Lipinski definition) is 3. The lowest BCUT2D eigenvalue weighted by atomic mass is 9.84. The van der Waals surface area contributed by atoms with Gasteiger partial charge in [-0.3, -0.25) is 4.79 Å². The fraction of sp³-hybridized carbons (Fsp3) is 0.500. The first-order chi connectivity index (χ1) is 8.77. The third-order valence-corrected chi connectivity index (χ3v) is 3.50. The fourth-order valence-electron chi connectivity index (χ4n) is 1.77. The van der Waals surface area contributed by atoms with Crippen molar-refractivity contribution in [2.24, 2.45) is 5.73 Å². The summed E-state index contributed by atoms with van der Waals surface area (Å²) in [5.74, 6) is 0.658. The van der Waals surface area contributed by atoms with Crippen LogP contribution in [0.1, 0.15) is 26.3 Å². The molecule has 1 aromatic rings. The van der Waals surface area contributed by atoms with E-state index in [-0.39, 0.29) is 11.3 Å². The first kappa shape index (κ1) is 16.0. The molecule has 1 amide bonds. The minimum atomic E-state index is -0.500. The lowest BCUT2D eigenvalue weighted by molar-refractivity contribution is -0.122. The Labute approximate surface area is 122 Å². The Balaban J connectivity index is 2.93. The number of ether oxygens (including phenoxy) is 1. The standard InChI is InChI=1S/C14H21BrN2O2/c1-9(16)13(18)17-8-14(2,3)11-7-10(15)5-6-12(11)19-4/h5-7,9H,8,16H2,1-4H3,(H,17,18). The monoisotopic (exact) mass is 328 g/mol. The van der Waals surface area contributed by atoms with E-state index >= 15 is 0 Å². The van der Waals surface area contributed by atoms with E-state index in [1.807, 2.05) is 18.2 Å². The molecule has 4 nitrogen and oxygen atoms in total. The summed E-state index contributed by atoms with van der Waals surface area (Å²) in [5.41, 5.74) is 6.33. The van der Waals surface area contributed by atoms with Gasteiger partial charge < -0.3 is 15.8 Å². The molecule has 0 aromatic heterocycles. The molecule has 0 aliphatic heterocycles. The van der Waals surface area contributed by atoms with Gasteiger partial charge in [-0.2, -0.15) is 0 Å². The predicted octanol–water partition coefficient (Wildman–Crippen LogP) is 2.20. The summed E-state index contributed by atoms with van der Waals surface area (Å²) in [6.07, 6.45) is 0. The van der Waals surface area contributed by atoms with Crippen LogP contribution in [0.15, 0.2) is 22.7 Å². The third-order valence-electron chi connectivity index (χ3n) is 3.01. The number of carbonyl (C=O) groups excluding carboxylic acids is 1. The van der Waals surface area contributed by atoms with Crippen LogP contribution in [-0.4, -0.2) is 25.6 Å². The van der Waals surface area contributed by atoms with E-state index in [9.17, 15) is 4.79 Å². The van der Waals surface area contributed by atoms with Crippen molar-refractivity contribution in [1.29, 1.82) is 0 Å². The number of benzene rings is 1. The van der Waals surface area contributed by atoms with Gasteiger partial charge in [0, 0.05) is 22.0 Å². The molecule has 106 valence electrons. The number of hydrogen-bond donors (Lipinski definition) is 2. The average Bonchev–Trinajstić information content (AvgIpc) is 2.35. The summed E-state index contributed by atoms with van der Waals surface area (Å²) in [4.78, 5) is 11.6. The van der Waals surface area contributed by atoms with Gasteiger partial charge in [-0.15, -0.1) is 0 Å². The molecule has 19 heavy (non-hydrogen) atoms. The van der Waals surface area contributed by atoms with Gasteiger partial charge in [-0.05, 0) is 25.1 Å². The molecule has 0 heterocycles. The molecule has 1 unspecified atom stereocenters. The summed E-state index contributed by atoms with van der Waals surface area (Å²) < 4.78 is 6.36. The lowest BCUT2D eigenvalue weighted by Gasteiger charge is -2.28. The van der Waals surface area contributed by atoms with Crippen LogP contribution in [0, 0.1) is 0 Å². The number of nitrogens with one attached hydrogen (secondary N) is 1. The molecular formula is C14H21BrN2O2. The van der Waals surface area contributed by atoms with Crippen LogP contribution in [0.3, 0.4) is 0 Å². The number of rotatable bonds is 5. The van der Waals surface area contributed by atoms with Crippen LogP contribution in [0.4, 0.5) is 0 Å². The topological polar surface area (TPSA) is 64.3 Å². The van der Waals surface area contributed by atoms with Crippen LogP contribution in [0.5, 0.6) is 5.75 Å². The molecule has 0 fully saturated rings. The summed E-state index contributed by atoms with van der Waals surface area (Å²) in [5, 5.41) is 2.86. The Morgan fingerprint density at radius 1 is 1.53 bits per heavy atom. The van der Waals surface area contributed by atoms with Gasteiger partial charge in [-0.1, -0.05) is 29.8 Å². The van der Waals surface area contributed by atoms with E-state index in [2.05, 4.69) is 35.1 Å². The summed E-state index contributed by atoms with van der Waals surface area (Å²) in [7, 11) is 1.64. The second-order valence-corrected chi connectivity index (χ2v) is 6.15. The number of halogens is 1. The Morgan fingerprint density at radius 2 is 2.16 bits per heavy atom. The zero-order chi connectivity index (χ0) is 14.6. The summed E-state index contributed by atoms with van der Waals surface area (Å²) in [6.45, 7) is 6.28. The maximum Gasteiger partial charge on any atom is 0.236 e. The summed E-state index contributed by atoms with van der Waals surface area (Å²) >= 11 is 3.46. The Hall–Kier alpha value is -1.07. The molecule has 0 spiro atoms. The van der Waals surface area contributed by atoms with E-state index in [1.165, 1.54) is 0 Å². The smallest absolute Gasteiger partial charge is 0.236 e. The lowest BCUT2D eigenvalue weighted by Crippen LogP contribution is -2.43. The fourth-order valence-corrected chi connectivity index (χ4v) is 2.13. The van der Waals surface area contributed by atoms with Gasteiger partial charge in [-0.25, -0.2) is 0 Å². The minimum absolute atomic E-state index is 0.151. The average molecular weight is 329 g/mol. The Bertz CT molecular complexity index is 459. The maximum absolute atomic E-state index is 11.6. The maximum atomic E-state index is 11.6. The molecule has 0 aliphatic rings. The highest BCUT2D eigenvalue weighted by Crippen LogP contribution is 2.33. The van der Waals surface area contributed by atoms with Gasteiger partial charge in [0.25, 0.3) is 0 Å². The SMILES string of the molecule is COc1ccc(Br)cc1C(C)(C)CNC(=O)C(C)N. The van der Waals surface area contributed by atoms with Crippen molar-refractivity contribution in [2.75, 3.05) is 13.7 Å². The molecule has 3 N–H and O–H groups in total. The van der Waals surface area contributed by atoms with Crippen LogP contribution in [-0.2, 0) is 10.2 Å². The predicted molar refractivity (Wildman–Crippen MR) is 80.4 cm³/mol. The van der Waals surface area contributed by atoms with E-state index in [0.717, 1.165) is 15.8 Å². The third kappa shape index (κ3) is 4.21. The van der Waals surface area contributed by atoms with Crippen molar-refractivity contribution in [2.45, 2.75) is 32.2 Å². The number of amides is 1. The van der Waals surface area contributed by atoms with E-state index in [0.29, 0.717) is 6.54 Å². The van der Waals surface area contributed by atoms with E-state index < -0.39 is 6.04 Å². The number of nitrogens with two attached hydrogens (primary N) is 1.